The van der Waals surface area contributed by atoms with Crippen molar-refractivity contribution in [1.29, 1.82) is 0 Å². The van der Waals surface area contributed by atoms with E-state index in [9.17, 15) is 14.7 Å². The van der Waals surface area contributed by atoms with Gasteiger partial charge < -0.3 is 20.5 Å². The van der Waals surface area contributed by atoms with Crippen LogP contribution in [0, 0.1) is 5.92 Å². The minimum absolute atomic E-state index is 0.113. The van der Waals surface area contributed by atoms with E-state index in [1.165, 1.54) is 7.11 Å². The minimum Gasteiger partial charge on any atom is -0.467 e. The van der Waals surface area contributed by atoms with Crippen LogP contribution in [0.25, 0.3) is 0 Å². The van der Waals surface area contributed by atoms with Crippen LogP contribution < -0.4 is 10.6 Å². The number of hydrogen-bond donors (Lipinski definition) is 3. The molecule has 1 heterocycles. The molecule has 3 N–H and O–H groups in total. The van der Waals surface area contributed by atoms with Crippen LogP contribution in [0.2, 0.25) is 0 Å². The molecule has 1 aliphatic rings. The number of piperidine rings is 1. The number of aliphatic hydroxyl groups is 1. The van der Waals surface area contributed by atoms with E-state index in [4.69, 9.17) is 0 Å². The molecule has 0 saturated carbocycles. The van der Waals surface area contributed by atoms with Crippen LogP contribution in [-0.2, 0) is 14.3 Å². The van der Waals surface area contributed by atoms with E-state index in [-0.39, 0.29) is 18.5 Å². The third-order valence-corrected chi connectivity index (χ3v) is 2.93. The summed E-state index contributed by atoms with van der Waals surface area (Å²) in [6, 6.07) is -0.233. The van der Waals surface area contributed by atoms with Crippen LogP contribution in [0.4, 0.5) is 0 Å². The highest BCUT2D eigenvalue weighted by Crippen LogP contribution is 2.14. The molecule has 6 heteroatoms. The predicted octanol–water partition coefficient (Wildman–Crippen LogP) is -0.975. The number of amides is 1. The second-order valence-electron chi connectivity index (χ2n) is 4.42. The molecule has 6 nitrogen and oxygen atoms in total. The van der Waals surface area contributed by atoms with Crippen molar-refractivity contribution in [2.45, 2.75) is 31.9 Å². The van der Waals surface area contributed by atoms with Gasteiger partial charge in [-0.05, 0) is 25.3 Å². The lowest BCUT2D eigenvalue weighted by Crippen LogP contribution is -2.50. The average molecular weight is 244 g/mol. The molecule has 17 heavy (non-hydrogen) atoms. The topological polar surface area (TPSA) is 87.7 Å². The first-order valence-corrected chi connectivity index (χ1v) is 5.81. The molecule has 0 radical (unpaired) electrons. The van der Waals surface area contributed by atoms with Crippen LogP contribution >= 0.6 is 0 Å². The predicted molar refractivity (Wildman–Crippen MR) is 61.2 cm³/mol. The molecule has 1 rings (SSSR count). The van der Waals surface area contributed by atoms with E-state index in [1.807, 2.05) is 0 Å². The lowest BCUT2D eigenvalue weighted by molar-refractivity contribution is -0.150. The molecule has 0 aromatic carbocycles. The lowest BCUT2D eigenvalue weighted by Gasteiger charge is -2.27. The highest BCUT2D eigenvalue weighted by Gasteiger charge is 2.25. The van der Waals surface area contributed by atoms with Crippen molar-refractivity contribution in [1.82, 2.24) is 10.6 Å². The molecule has 98 valence electrons. The van der Waals surface area contributed by atoms with Gasteiger partial charge in [0.25, 0.3) is 0 Å². The Balaban J connectivity index is 2.31. The number of esters is 1. The second kappa shape index (κ2) is 6.56. The summed E-state index contributed by atoms with van der Waals surface area (Å²) in [6.07, 6.45) is 0.541. The van der Waals surface area contributed by atoms with E-state index in [0.29, 0.717) is 5.92 Å². The van der Waals surface area contributed by atoms with Crippen LogP contribution in [-0.4, -0.2) is 49.3 Å². The van der Waals surface area contributed by atoms with Crippen LogP contribution in [0.5, 0.6) is 0 Å². The Hall–Kier alpha value is -1.14. The zero-order chi connectivity index (χ0) is 12.8. The number of ether oxygens (including phenoxy) is 1. The highest BCUT2D eigenvalue weighted by atomic mass is 16.5. The molecule has 1 fully saturated rings. The second-order valence-corrected chi connectivity index (χ2v) is 4.42. The Bertz CT molecular complexity index is 283. The van der Waals surface area contributed by atoms with Crippen molar-refractivity contribution in [3.8, 4) is 0 Å². The van der Waals surface area contributed by atoms with Gasteiger partial charge in [0.05, 0.1) is 19.7 Å². The zero-order valence-electron chi connectivity index (χ0n) is 10.2. The molecule has 0 aromatic rings. The van der Waals surface area contributed by atoms with Crippen molar-refractivity contribution in [2.75, 3.05) is 20.2 Å². The summed E-state index contributed by atoms with van der Waals surface area (Å²) in [4.78, 5) is 22.6. The number of nitrogens with one attached hydrogen (secondary N) is 2. The SMILES string of the molecule is COC(=O)C(O)CNC(=O)C1CC(C)CCN1. The normalized spacial score (nSPS) is 26.1. The standard InChI is InChI=1S/C11H20N2O4/c1-7-3-4-12-8(5-7)10(15)13-6-9(14)11(16)17-2/h7-9,12,14H,3-6H2,1-2H3,(H,13,15). The Labute approximate surface area is 101 Å². The smallest absolute Gasteiger partial charge is 0.336 e. The molecule has 1 saturated heterocycles. The van der Waals surface area contributed by atoms with Gasteiger partial charge in [-0.1, -0.05) is 6.92 Å². The molecule has 1 amide bonds. The molecular weight excluding hydrogens is 224 g/mol. The fourth-order valence-electron chi connectivity index (χ4n) is 1.85. The minimum atomic E-state index is -1.30. The maximum absolute atomic E-state index is 11.7. The first kappa shape index (κ1) is 13.9. The van der Waals surface area contributed by atoms with E-state index >= 15 is 0 Å². The van der Waals surface area contributed by atoms with Crippen LogP contribution in [0.15, 0.2) is 0 Å². The summed E-state index contributed by atoms with van der Waals surface area (Å²) < 4.78 is 4.35. The first-order chi connectivity index (χ1) is 8.04. The molecular formula is C11H20N2O4. The number of carbonyl (C=O) groups excluding carboxylic acids is 2. The third-order valence-electron chi connectivity index (χ3n) is 2.93. The number of hydrogen-bond acceptors (Lipinski definition) is 5. The summed E-state index contributed by atoms with van der Waals surface area (Å²) in [5.74, 6) is -0.410. The Kier molecular flexibility index (Phi) is 5.37. The van der Waals surface area contributed by atoms with Crippen molar-refractivity contribution < 1.29 is 19.4 Å². The summed E-state index contributed by atoms with van der Waals surface area (Å²) in [5.41, 5.74) is 0. The van der Waals surface area contributed by atoms with Gasteiger partial charge in [-0.15, -0.1) is 0 Å². The number of methoxy groups -OCH3 is 1. The summed E-state index contributed by atoms with van der Waals surface area (Å²) in [5, 5.41) is 14.9. The van der Waals surface area contributed by atoms with Crippen LogP contribution in [0.3, 0.4) is 0 Å². The fourth-order valence-corrected chi connectivity index (χ4v) is 1.85. The molecule has 0 bridgehead atoms. The van der Waals surface area contributed by atoms with Crippen molar-refractivity contribution in [3.05, 3.63) is 0 Å². The van der Waals surface area contributed by atoms with Gasteiger partial charge in [-0.3, -0.25) is 4.79 Å². The molecule has 1 aliphatic heterocycles. The Morgan fingerprint density at radius 1 is 1.59 bits per heavy atom. The largest absolute Gasteiger partial charge is 0.467 e. The van der Waals surface area contributed by atoms with Gasteiger partial charge in [-0.2, -0.15) is 0 Å². The van der Waals surface area contributed by atoms with Gasteiger partial charge in [0.2, 0.25) is 5.91 Å². The quantitative estimate of drug-likeness (QED) is 0.554. The molecule has 0 spiro atoms. The van der Waals surface area contributed by atoms with Gasteiger partial charge >= 0.3 is 5.97 Å². The Morgan fingerprint density at radius 3 is 2.88 bits per heavy atom. The van der Waals surface area contributed by atoms with Gasteiger partial charge in [0.15, 0.2) is 6.10 Å². The van der Waals surface area contributed by atoms with Crippen molar-refractivity contribution >= 4 is 11.9 Å². The van der Waals surface area contributed by atoms with E-state index in [2.05, 4.69) is 22.3 Å². The summed E-state index contributed by atoms with van der Waals surface area (Å²) >= 11 is 0. The van der Waals surface area contributed by atoms with E-state index < -0.39 is 12.1 Å². The summed E-state index contributed by atoms with van der Waals surface area (Å²) in [7, 11) is 1.19. The van der Waals surface area contributed by atoms with Gasteiger partial charge in [-0.25, -0.2) is 4.79 Å². The molecule has 3 atom stereocenters. The maximum Gasteiger partial charge on any atom is 0.336 e. The summed E-state index contributed by atoms with van der Waals surface area (Å²) in [6.45, 7) is 2.81. The van der Waals surface area contributed by atoms with Crippen molar-refractivity contribution in [2.24, 2.45) is 5.92 Å². The third kappa shape index (κ3) is 4.32. The average Bonchev–Trinajstić information content (AvgIpc) is 2.34. The number of aliphatic hydroxyl groups excluding tert-OH is 1. The van der Waals surface area contributed by atoms with Gasteiger partial charge in [0, 0.05) is 0 Å². The monoisotopic (exact) mass is 244 g/mol. The van der Waals surface area contributed by atoms with Crippen LogP contribution in [0.1, 0.15) is 19.8 Å². The van der Waals surface area contributed by atoms with E-state index in [1.54, 1.807) is 0 Å². The molecule has 0 aliphatic carbocycles. The fraction of sp³-hybridized carbons (Fsp3) is 0.818. The maximum atomic E-state index is 11.7. The van der Waals surface area contributed by atoms with E-state index in [0.717, 1.165) is 19.4 Å². The molecule has 3 unspecified atom stereocenters. The first-order valence-electron chi connectivity index (χ1n) is 5.81. The highest BCUT2D eigenvalue weighted by molar-refractivity contribution is 5.83. The molecule has 0 aromatic heterocycles. The Morgan fingerprint density at radius 2 is 2.29 bits per heavy atom. The zero-order valence-corrected chi connectivity index (χ0v) is 10.2. The number of carbonyl (C=O) groups is 2. The lowest BCUT2D eigenvalue weighted by atomic mass is 9.94. The van der Waals surface area contributed by atoms with Gasteiger partial charge in [0.1, 0.15) is 0 Å². The number of rotatable bonds is 4. The van der Waals surface area contributed by atoms with Crippen molar-refractivity contribution in [3.63, 3.8) is 0 Å².